The minimum absolute atomic E-state index is 0.0194. The quantitative estimate of drug-likeness (QED) is 0.194. The van der Waals surface area contributed by atoms with Crippen molar-refractivity contribution in [2.75, 3.05) is 18.5 Å². The minimum atomic E-state index is -1.07. The van der Waals surface area contributed by atoms with Gasteiger partial charge in [0.05, 0.1) is 12.5 Å². The Morgan fingerprint density at radius 1 is 0.842 bits per heavy atom. The molecule has 0 saturated carbocycles. The van der Waals surface area contributed by atoms with Gasteiger partial charge in [-0.1, -0.05) is 60.7 Å². The number of hydrogen-bond acceptors (Lipinski definition) is 6. The summed E-state index contributed by atoms with van der Waals surface area (Å²) in [5.41, 5.74) is 2.63. The summed E-state index contributed by atoms with van der Waals surface area (Å²) in [6, 6.07) is 20.9. The van der Waals surface area contributed by atoms with Crippen LogP contribution >= 0.6 is 0 Å². The van der Waals surface area contributed by atoms with E-state index in [2.05, 4.69) is 20.9 Å². The summed E-state index contributed by atoms with van der Waals surface area (Å²) >= 11 is 0. The molecule has 0 aliphatic heterocycles. The highest BCUT2D eigenvalue weighted by Gasteiger charge is 2.25. The number of carbonyl (C=O) groups is 3. The number of carboxylic acid groups (broad SMARTS) is 1. The Hall–Kier alpha value is -4.24. The molecule has 0 bridgehead atoms. The Balaban J connectivity index is 1.54. The minimum Gasteiger partial charge on any atom is -0.481 e. The van der Waals surface area contributed by atoms with E-state index in [4.69, 9.17) is 0 Å². The van der Waals surface area contributed by atoms with Gasteiger partial charge in [-0.05, 0) is 48.1 Å². The molecule has 0 radical (unpaired) electrons. The Morgan fingerprint density at radius 3 is 2.21 bits per heavy atom. The van der Waals surface area contributed by atoms with Gasteiger partial charge >= 0.3 is 5.97 Å². The van der Waals surface area contributed by atoms with Crippen LogP contribution in [0.5, 0.6) is 0 Å². The SMILES string of the molecule is O=C(O)CC(NC(=O)[C@H](CCO)NC(=O)CCCCNc1ccccn1)c1ccc(-c2ccccc2)cc1. The van der Waals surface area contributed by atoms with Crippen molar-refractivity contribution in [3.8, 4) is 11.1 Å². The Kier molecular flexibility index (Phi) is 11.3. The number of pyridine rings is 1. The third-order valence-corrected chi connectivity index (χ3v) is 5.99. The lowest BCUT2D eigenvalue weighted by Crippen LogP contribution is -2.48. The number of anilines is 1. The number of aromatic nitrogens is 1. The van der Waals surface area contributed by atoms with E-state index in [1.165, 1.54) is 0 Å². The van der Waals surface area contributed by atoms with E-state index in [1.807, 2.05) is 60.7 Å². The van der Waals surface area contributed by atoms with Crippen LogP contribution in [0.4, 0.5) is 5.82 Å². The summed E-state index contributed by atoms with van der Waals surface area (Å²) in [4.78, 5) is 41.2. The van der Waals surface area contributed by atoms with E-state index in [0.29, 0.717) is 18.5 Å². The fraction of sp³-hybridized carbons (Fsp3) is 0.310. The van der Waals surface area contributed by atoms with Gasteiger partial charge in [0.1, 0.15) is 11.9 Å². The van der Waals surface area contributed by atoms with Gasteiger partial charge in [0.2, 0.25) is 11.8 Å². The van der Waals surface area contributed by atoms with Gasteiger partial charge in [0.15, 0.2) is 0 Å². The number of hydrogen-bond donors (Lipinski definition) is 5. The monoisotopic (exact) mass is 518 g/mol. The normalized spacial score (nSPS) is 12.2. The second-order valence-corrected chi connectivity index (χ2v) is 8.88. The molecule has 38 heavy (non-hydrogen) atoms. The molecule has 2 atom stereocenters. The molecule has 2 aromatic carbocycles. The molecule has 1 aromatic heterocycles. The predicted octanol–water partition coefficient (Wildman–Crippen LogP) is 3.53. The van der Waals surface area contributed by atoms with Crippen LogP contribution in [0.2, 0.25) is 0 Å². The van der Waals surface area contributed by atoms with Gasteiger partial charge in [-0.2, -0.15) is 0 Å². The van der Waals surface area contributed by atoms with E-state index in [1.54, 1.807) is 18.3 Å². The maximum atomic E-state index is 13.0. The number of aliphatic hydroxyl groups is 1. The van der Waals surface area contributed by atoms with Crippen LogP contribution < -0.4 is 16.0 Å². The molecule has 0 fully saturated rings. The van der Waals surface area contributed by atoms with Crippen LogP contribution in [-0.2, 0) is 14.4 Å². The van der Waals surface area contributed by atoms with E-state index in [9.17, 15) is 24.6 Å². The van der Waals surface area contributed by atoms with Crippen molar-refractivity contribution in [2.24, 2.45) is 0 Å². The Labute approximate surface area is 222 Å². The highest BCUT2D eigenvalue weighted by Crippen LogP contribution is 2.23. The molecule has 5 N–H and O–H groups in total. The molecule has 200 valence electrons. The van der Waals surface area contributed by atoms with Crippen molar-refractivity contribution in [2.45, 2.75) is 44.2 Å². The molecular weight excluding hydrogens is 484 g/mol. The number of aliphatic carboxylic acids is 1. The molecule has 0 saturated heterocycles. The van der Waals surface area contributed by atoms with Crippen LogP contribution in [0.1, 0.15) is 43.7 Å². The van der Waals surface area contributed by atoms with Crippen LogP contribution in [0, 0.1) is 0 Å². The van der Waals surface area contributed by atoms with Gasteiger partial charge in [-0.15, -0.1) is 0 Å². The zero-order valence-electron chi connectivity index (χ0n) is 21.2. The second-order valence-electron chi connectivity index (χ2n) is 8.88. The molecule has 1 unspecified atom stereocenters. The van der Waals surface area contributed by atoms with Crippen molar-refractivity contribution in [3.63, 3.8) is 0 Å². The highest BCUT2D eigenvalue weighted by molar-refractivity contribution is 5.88. The van der Waals surface area contributed by atoms with Crippen LogP contribution in [-0.4, -0.2) is 52.2 Å². The number of nitrogens with one attached hydrogen (secondary N) is 3. The van der Waals surface area contributed by atoms with Gasteiger partial charge in [-0.25, -0.2) is 4.98 Å². The van der Waals surface area contributed by atoms with Crippen LogP contribution in [0.3, 0.4) is 0 Å². The van der Waals surface area contributed by atoms with E-state index in [0.717, 1.165) is 23.4 Å². The van der Waals surface area contributed by atoms with E-state index >= 15 is 0 Å². The number of carboxylic acids is 1. The molecule has 3 rings (SSSR count). The third kappa shape index (κ3) is 9.33. The number of aliphatic hydroxyl groups excluding tert-OH is 1. The first kappa shape index (κ1) is 28.3. The van der Waals surface area contributed by atoms with Crippen molar-refractivity contribution >= 4 is 23.6 Å². The lowest BCUT2D eigenvalue weighted by Gasteiger charge is -2.23. The molecule has 0 spiro atoms. The van der Waals surface area contributed by atoms with E-state index < -0.39 is 24.0 Å². The lowest BCUT2D eigenvalue weighted by molar-refractivity contribution is -0.138. The first-order chi connectivity index (χ1) is 18.5. The number of benzene rings is 2. The summed E-state index contributed by atoms with van der Waals surface area (Å²) in [5, 5.41) is 27.5. The van der Waals surface area contributed by atoms with Crippen LogP contribution in [0.25, 0.3) is 11.1 Å². The summed E-state index contributed by atoms with van der Waals surface area (Å²) in [6.07, 6.45) is 2.96. The molecular formula is C29H34N4O5. The Morgan fingerprint density at radius 2 is 1.55 bits per heavy atom. The Bertz CT molecular complexity index is 1160. The van der Waals surface area contributed by atoms with Crippen molar-refractivity contribution < 1.29 is 24.6 Å². The number of nitrogens with zero attached hydrogens (tertiary/aromatic N) is 1. The lowest BCUT2D eigenvalue weighted by atomic mass is 9.98. The fourth-order valence-electron chi connectivity index (χ4n) is 4.00. The molecule has 0 aliphatic carbocycles. The standard InChI is InChI=1S/C29H34N4O5/c34-19-16-24(32-27(35)11-5-7-18-31-26-10-4-6-17-30-26)29(38)33-25(20-28(36)37)23-14-12-22(13-15-23)21-8-2-1-3-9-21/h1-4,6,8-10,12-15,17,24-25,34H,5,7,11,16,18-20H2,(H,30,31)(H,32,35)(H,33,38)(H,36,37)/t24-,25?/m0/s1. The average Bonchev–Trinajstić information content (AvgIpc) is 2.93. The summed E-state index contributed by atoms with van der Waals surface area (Å²) in [5.74, 6) is -1.15. The van der Waals surface area contributed by atoms with Gasteiger partial charge < -0.3 is 26.2 Å². The third-order valence-electron chi connectivity index (χ3n) is 5.99. The summed E-state index contributed by atoms with van der Waals surface area (Å²) in [6.45, 7) is 0.354. The zero-order valence-corrected chi connectivity index (χ0v) is 21.2. The largest absolute Gasteiger partial charge is 0.481 e. The maximum Gasteiger partial charge on any atom is 0.305 e. The van der Waals surface area contributed by atoms with Gasteiger partial charge in [0, 0.05) is 25.8 Å². The average molecular weight is 519 g/mol. The zero-order chi connectivity index (χ0) is 27.2. The molecule has 3 aromatic rings. The first-order valence-corrected chi connectivity index (χ1v) is 12.7. The summed E-state index contributed by atoms with van der Waals surface area (Å²) < 4.78 is 0. The number of rotatable bonds is 15. The number of carbonyl (C=O) groups excluding carboxylic acids is 2. The maximum absolute atomic E-state index is 13.0. The first-order valence-electron chi connectivity index (χ1n) is 12.7. The number of unbranched alkanes of at least 4 members (excludes halogenated alkanes) is 1. The van der Waals surface area contributed by atoms with Crippen LogP contribution in [0.15, 0.2) is 79.0 Å². The highest BCUT2D eigenvalue weighted by atomic mass is 16.4. The van der Waals surface area contributed by atoms with Crippen molar-refractivity contribution in [1.29, 1.82) is 0 Å². The molecule has 0 aliphatic rings. The topological polar surface area (TPSA) is 141 Å². The van der Waals surface area contributed by atoms with E-state index in [-0.39, 0.29) is 31.8 Å². The van der Waals surface area contributed by atoms with Crippen molar-refractivity contribution in [1.82, 2.24) is 15.6 Å². The van der Waals surface area contributed by atoms with Crippen molar-refractivity contribution in [3.05, 3.63) is 84.6 Å². The molecule has 1 heterocycles. The number of amides is 2. The smallest absolute Gasteiger partial charge is 0.305 e. The van der Waals surface area contributed by atoms with Gasteiger partial charge in [0.25, 0.3) is 0 Å². The summed E-state index contributed by atoms with van der Waals surface area (Å²) in [7, 11) is 0. The molecule has 9 nitrogen and oxygen atoms in total. The van der Waals surface area contributed by atoms with Gasteiger partial charge in [-0.3, -0.25) is 14.4 Å². The molecule has 9 heteroatoms. The fourth-order valence-corrected chi connectivity index (χ4v) is 4.00. The molecule has 2 amide bonds. The second kappa shape index (κ2) is 15.1. The predicted molar refractivity (Wildman–Crippen MR) is 145 cm³/mol.